The quantitative estimate of drug-likeness (QED) is 0.716. The number of fused-ring (bicyclic) bond motifs is 3. The summed E-state index contributed by atoms with van der Waals surface area (Å²) in [6, 6.07) is 18.5. The molecule has 0 saturated carbocycles. The van der Waals surface area contributed by atoms with Crippen molar-refractivity contribution in [3.05, 3.63) is 71.4 Å². The molecule has 0 atom stereocenters. The number of hydrogen-bond acceptors (Lipinski definition) is 3. The molecule has 0 aliphatic carbocycles. The first-order valence-corrected chi connectivity index (χ1v) is 9.22. The fraction of sp³-hybridized carbons (Fsp3) is 0.273. The highest BCUT2D eigenvalue weighted by atomic mass is 16.2. The minimum Gasteiger partial charge on any atom is -0.330 e. The molecule has 5 heteroatoms. The van der Waals surface area contributed by atoms with E-state index < -0.39 is 0 Å². The number of nitrogens with zero attached hydrogens (tertiary/aromatic N) is 4. The molecule has 1 amide bonds. The van der Waals surface area contributed by atoms with Gasteiger partial charge in [-0.1, -0.05) is 48.0 Å². The third-order valence-electron chi connectivity index (χ3n) is 4.96. The van der Waals surface area contributed by atoms with Gasteiger partial charge in [-0.3, -0.25) is 4.79 Å². The van der Waals surface area contributed by atoms with Gasteiger partial charge in [0.15, 0.2) is 0 Å². The molecule has 2 heterocycles. The Bertz CT molecular complexity index is 1010. The molecule has 0 bridgehead atoms. The highest BCUT2D eigenvalue weighted by Crippen LogP contribution is 2.24. The minimum atomic E-state index is -0.0461. The summed E-state index contributed by atoms with van der Waals surface area (Å²) in [4.78, 5) is 15.3. The van der Waals surface area contributed by atoms with Crippen molar-refractivity contribution in [3.8, 4) is 0 Å². The van der Waals surface area contributed by atoms with Crippen molar-refractivity contribution < 1.29 is 4.79 Å². The monoisotopic (exact) mass is 360 g/mol. The van der Waals surface area contributed by atoms with Gasteiger partial charge in [0.1, 0.15) is 5.69 Å². The molecule has 0 saturated heterocycles. The third kappa shape index (κ3) is 3.38. The van der Waals surface area contributed by atoms with Crippen LogP contribution in [0, 0.1) is 6.92 Å². The second kappa shape index (κ2) is 7.00. The summed E-state index contributed by atoms with van der Waals surface area (Å²) in [5, 5.41) is 7.48. The van der Waals surface area contributed by atoms with E-state index in [2.05, 4.69) is 52.8 Å². The van der Waals surface area contributed by atoms with E-state index in [-0.39, 0.29) is 5.91 Å². The predicted octanol–water partition coefficient (Wildman–Crippen LogP) is 3.37. The Kier molecular flexibility index (Phi) is 4.54. The SMILES string of the molecule is Cc1ccc(C2=NN(CCN(C)C)C(=O)c3cc4ccccc4n3C2)cc1. The molecular weight excluding hydrogens is 336 g/mol. The first-order chi connectivity index (χ1) is 13.0. The molecule has 0 unspecified atom stereocenters. The van der Waals surface area contributed by atoms with Crippen LogP contribution in [0.5, 0.6) is 0 Å². The van der Waals surface area contributed by atoms with E-state index >= 15 is 0 Å². The Morgan fingerprint density at radius 3 is 2.56 bits per heavy atom. The average Bonchev–Trinajstić information content (AvgIpc) is 2.96. The van der Waals surface area contributed by atoms with Gasteiger partial charge in [-0.25, -0.2) is 5.01 Å². The van der Waals surface area contributed by atoms with Gasteiger partial charge in [0.05, 0.1) is 18.8 Å². The van der Waals surface area contributed by atoms with Gasteiger partial charge in [0.2, 0.25) is 0 Å². The lowest BCUT2D eigenvalue weighted by molar-refractivity contribution is 0.0745. The lowest BCUT2D eigenvalue weighted by Crippen LogP contribution is -2.33. The van der Waals surface area contributed by atoms with Crippen molar-refractivity contribution in [2.45, 2.75) is 13.5 Å². The molecule has 1 aromatic heterocycles. The van der Waals surface area contributed by atoms with E-state index in [1.165, 1.54) is 5.56 Å². The Balaban J connectivity index is 1.83. The molecule has 2 aromatic carbocycles. The largest absolute Gasteiger partial charge is 0.330 e. The van der Waals surface area contributed by atoms with Crippen molar-refractivity contribution in [2.24, 2.45) is 5.10 Å². The number of carbonyl (C=O) groups excluding carboxylic acids is 1. The zero-order chi connectivity index (χ0) is 19.0. The van der Waals surface area contributed by atoms with Crippen LogP contribution in [0.4, 0.5) is 0 Å². The number of aryl methyl sites for hydroxylation is 1. The molecule has 3 aromatic rings. The van der Waals surface area contributed by atoms with Crippen molar-refractivity contribution in [1.29, 1.82) is 0 Å². The molecule has 1 aliphatic heterocycles. The van der Waals surface area contributed by atoms with Gasteiger partial charge in [-0.15, -0.1) is 0 Å². The average molecular weight is 360 g/mol. The number of amides is 1. The maximum absolute atomic E-state index is 13.2. The second-order valence-corrected chi connectivity index (χ2v) is 7.32. The molecule has 138 valence electrons. The van der Waals surface area contributed by atoms with Crippen molar-refractivity contribution in [1.82, 2.24) is 14.5 Å². The van der Waals surface area contributed by atoms with Crippen molar-refractivity contribution >= 4 is 22.5 Å². The van der Waals surface area contributed by atoms with E-state index in [9.17, 15) is 4.79 Å². The predicted molar refractivity (Wildman–Crippen MR) is 109 cm³/mol. The molecule has 1 aliphatic rings. The third-order valence-corrected chi connectivity index (χ3v) is 4.96. The van der Waals surface area contributed by atoms with Crippen LogP contribution in [0.15, 0.2) is 59.7 Å². The maximum atomic E-state index is 13.2. The molecule has 0 N–H and O–H groups in total. The van der Waals surface area contributed by atoms with E-state index in [1.807, 2.05) is 32.3 Å². The van der Waals surface area contributed by atoms with E-state index in [4.69, 9.17) is 5.10 Å². The lowest BCUT2D eigenvalue weighted by atomic mass is 10.1. The molecule has 0 radical (unpaired) electrons. The minimum absolute atomic E-state index is 0.0461. The fourth-order valence-corrected chi connectivity index (χ4v) is 3.40. The number of carbonyl (C=O) groups is 1. The summed E-state index contributed by atoms with van der Waals surface area (Å²) >= 11 is 0. The van der Waals surface area contributed by atoms with Crippen molar-refractivity contribution in [2.75, 3.05) is 27.2 Å². The van der Waals surface area contributed by atoms with Gasteiger partial charge in [0, 0.05) is 17.4 Å². The van der Waals surface area contributed by atoms with Gasteiger partial charge in [-0.2, -0.15) is 5.10 Å². The van der Waals surface area contributed by atoms with Gasteiger partial charge in [-0.05, 0) is 38.7 Å². The number of aromatic nitrogens is 1. The number of hydrazone groups is 1. The smallest absolute Gasteiger partial charge is 0.290 e. The molecule has 27 heavy (non-hydrogen) atoms. The highest BCUT2D eigenvalue weighted by molar-refractivity contribution is 6.06. The molecule has 0 spiro atoms. The van der Waals surface area contributed by atoms with Crippen LogP contribution in [0.25, 0.3) is 10.9 Å². The summed E-state index contributed by atoms with van der Waals surface area (Å²) in [7, 11) is 4.01. The van der Waals surface area contributed by atoms with Crippen LogP contribution in [-0.2, 0) is 6.54 Å². The highest BCUT2D eigenvalue weighted by Gasteiger charge is 2.26. The van der Waals surface area contributed by atoms with Crippen LogP contribution < -0.4 is 0 Å². The zero-order valence-corrected chi connectivity index (χ0v) is 16.0. The van der Waals surface area contributed by atoms with Gasteiger partial charge in [0.25, 0.3) is 5.91 Å². The Morgan fingerprint density at radius 2 is 1.81 bits per heavy atom. The zero-order valence-electron chi connectivity index (χ0n) is 16.0. The Morgan fingerprint density at radius 1 is 1.07 bits per heavy atom. The van der Waals surface area contributed by atoms with Gasteiger partial charge >= 0.3 is 0 Å². The number of para-hydroxylation sites is 1. The molecule has 5 nitrogen and oxygen atoms in total. The maximum Gasteiger partial charge on any atom is 0.290 e. The number of hydrogen-bond donors (Lipinski definition) is 0. The van der Waals surface area contributed by atoms with Crippen molar-refractivity contribution in [3.63, 3.8) is 0 Å². The summed E-state index contributed by atoms with van der Waals surface area (Å²) in [5.41, 5.74) is 4.92. The van der Waals surface area contributed by atoms with E-state index in [1.54, 1.807) is 5.01 Å². The summed E-state index contributed by atoms with van der Waals surface area (Å²) in [6.45, 7) is 3.97. The van der Waals surface area contributed by atoms with E-state index in [0.717, 1.165) is 28.7 Å². The van der Waals surface area contributed by atoms with Crippen LogP contribution in [-0.4, -0.2) is 53.3 Å². The summed E-state index contributed by atoms with van der Waals surface area (Å²) in [5.74, 6) is -0.0461. The van der Waals surface area contributed by atoms with Crippen LogP contribution in [0.3, 0.4) is 0 Å². The van der Waals surface area contributed by atoms with Crippen LogP contribution in [0.1, 0.15) is 21.6 Å². The standard InChI is InChI=1S/C22H24N4O/c1-16-8-10-17(11-9-16)19-15-25-20-7-5-4-6-18(20)14-21(25)22(27)26(23-19)13-12-24(2)3/h4-11,14H,12-13,15H2,1-3H3. The Labute approximate surface area is 159 Å². The topological polar surface area (TPSA) is 40.8 Å². The van der Waals surface area contributed by atoms with Gasteiger partial charge < -0.3 is 9.47 Å². The number of likely N-dealkylation sites (N-methyl/N-ethyl adjacent to an activating group) is 1. The molecular formula is C22H24N4O. The first kappa shape index (κ1) is 17.5. The fourth-order valence-electron chi connectivity index (χ4n) is 3.40. The lowest BCUT2D eigenvalue weighted by Gasteiger charge is -2.19. The molecule has 0 fully saturated rings. The Hall–Kier alpha value is -2.92. The summed E-state index contributed by atoms with van der Waals surface area (Å²) in [6.07, 6.45) is 0. The molecule has 4 rings (SSSR count). The first-order valence-electron chi connectivity index (χ1n) is 9.22. The number of rotatable bonds is 4. The van der Waals surface area contributed by atoms with E-state index in [0.29, 0.717) is 18.8 Å². The second-order valence-electron chi connectivity index (χ2n) is 7.32. The van der Waals surface area contributed by atoms with Crippen LogP contribution >= 0.6 is 0 Å². The normalized spacial score (nSPS) is 14.4. The van der Waals surface area contributed by atoms with Crippen LogP contribution in [0.2, 0.25) is 0 Å². The number of benzene rings is 2. The summed E-state index contributed by atoms with van der Waals surface area (Å²) < 4.78 is 2.09.